The number of halogens is 1. The van der Waals surface area contributed by atoms with E-state index in [1.807, 2.05) is 23.1 Å². The van der Waals surface area contributed by atoms with Gasteiger partial charge in [0.2, 0.25) is 0 Å². The molecule has 1 fully saturated rings. The lowest BCUT2D eigenvalue weighted by molar-refractivity contribution is 0.0716. The highest BCUT2D eigenvalue weighted by Gasteiger charge is 2.37. The molecule has 0 heterocycles. The summed E-state index contributed by atoms with van der Waals surface area (Å²) in [5.74, 6) is 2.26. The topological polar surface area (TPSA) is 38.8 Å². The van der Waals surface area contributed by atoms with Crippen LogP contribution in [0.3, 0.4) is 0 Å². The molecule has 2 aliphatic carbocycles. The van der Waals surface area contributed by atoms with Crippen molar-refractivity contribution < 1.29 is 18.7 Å². The van der Waals surface area contributed by atoms with Crippen LogP contribution in [0, 0.1) is 23.6 Å². The predicted octanol–water partition coefficient (Wildman–Crippen LogP) is 4.74. The van der Waals surface area contributed by atoms with E-state index in [9.17, 15) is 9.18 Å². The van der Waals surface area contributed by atoms with Gasteiger partial charge in [-0.25, -0.2) is 4.39 Å². The molecular weight excluding hydrogens is 381 g/mol. The van der Waals surface area contributed by atoms with Gasteiger partial charge in [0.25, 0.3) is 5.91 Å². The summed E-state index contributed by atoms with van der Waals surface area (Å²) in [4.78, 5) is 15.1. The Kier molecular flexibility index (Phi) is 6.07. The summed E-state index contributed by atoms with van der Waals surface area (Å²) in [6.07, 6.45) is 7.55. The molecule has 30 heavy (non-hydrogen) atoms. The zero-order chi connectivity index (χ0) is 21.1. The molecule has 0 aliphatic heterocycles. The Balaban J connectivity index is 1.52. The molecule has 1 saturated carbocycles. The number of hydrogen-bond donors (Lipinski definition) is 0. The third-order valence-electron chi connectivity index (χ3n) is 6.38. The van der Waals surface area contributed by atoms with Crippen molar-refractivity contribution in [2.45, 2.75) is 19.3 Å². The number of allylic oxidation sites excluding steroid dienone is 2. The van der Waals surface area contributed by atoms with Crippen molar-refractivity contribution in [1.82, 2.24) is 4.90 Å². The number of hydrogen-bond acceptors (Lipinski definition) is 3. The Morgan fingerprint density at radius 2 is 1.87 bits per heavy atom. The first-order valence-corrected chi connectivity index (χ1v) is 10.5. The van der Waals surface area contributed by atoms with Gasteiger partial charge in [0.05, 0.1) is 19.8 Å². The summed E-state index contributed by atoms with van der Waals surface area (Å²) in [5, 5.41) is 0. The molecule has 158 valence electrons. The maximum absolute atomic E-state index is 14.3. The molecule has 0 spiro atoms. The molecule has 1 amide bonds. The summed E-state index contributed by atoms with van der Waals surface area (Å²) >= 11 is 0. The molecule has 2 bridgehead atoms. The van der Waals surface area contributed by atoms with Crippen molar-refractivity contribution in [3.8, 4) is 11.5 Å². The average molecular weight is 410 g/mol. The number of carbonyl (C=O) groups excluding carboxylic acids is 1. The predicted molar refractivity (Wildman–Crippen MR) is 114 cm³/mol. The molecule has 2 aliphatic rings. The summed E-state index contributed by atoms with van der Waals surface area (Å²) < 4.78 is 25.0. The zero-order valence-electron chi connectivity index (χ0n) is 17.5. The molecular formula is C25H28FNO3. The van der Waals surface area contributed by atoms with Gasteiger partial charge in [-0.3, -0.25) is 4.79 Å². The molecule has 3 unspecified atom stereocenters. The van der Waals surface area contributed by atoms with Crippen LogP contribution in [0.25, 0.3) is 0 Å². The second-order valence-electron chi connectivity index (χ2n) is 8.21. The van der Waals surface area contributed by atoms with Gasteiger partial charge in [0, 0.05) is 13.1 Å². The highest BCUT2D eigenvalue weighted by atomic mass is 19.1. The van der Waals surface area contributed by atoms with E-state index in [0.29, 0.717) is 48.8 Å². The average Bonchev–Trinajstić information content (AvgIpc) is 3.39. The van der Waals surface area contributed by atoms with Crippen LogP contribution in [0.4, 0.5) is 4.39 Å². The smallest absolute Gasteiger partial charge is 0.256 e. The molecule has 5 heteroatoms. The SMILES string of the molecule is COc1ccc(CCN(CC2CC3C=CC2C3)C(=O)c2ccccc2F)cc1OC. The first-order chi connectivity index (χ1) is 14.6. The number of carbonyl (C=O) groups is 1. The molecule has 0 radical (unpaired) electrons. The fraction of sp³-hybridized carbons (Fsp3) is 0.400. The molecule has 4 rings (SSSR count). The van der Waals surface area contributed by atoms with Gasteiger partial charge in [-0.2, -0.15) is 0 Å². The minimum Gasteiger partial charge on any atom is -0.493 e. The minimum absolute atomic E-state index is 0.142. The molecule has 2 aromatic rings. The second kappa shape index (κ2) is 8.90. The molecule has 0 aromatic heterocycles. The Hall–Kier alpha value is -2.82. The summed E-state index contributed by atoms with van der Waals surface area (Å²) in [7, 11) is 3.22. The van der Waals surface area contributed by atoms with Crippen molar-refractivity contribution in [3.63, 3.8) is 0 Å². The number of methoxy groups -OCH3 is 2. The summed E-state index contributed by atoms with van der Waals surface area (Å²) in [5.41, 5.74) is 1.19. The standard InChI is InChI=1S/C25H28FNO3/c1-29-23-10-8-17(15-24(23)30-2)11-12-27(16-20-14-18-7-9-19(20)13-18)25(28)21-5-3-4-6-22(21)26/h3-10,15,18-20H,11-14,16H2,1-2H3. The zero-order valence-corrected chi connectivity index (χ0v) is 17.5. The van der Waals surface area contributed by atoms with Gasteiger partial charge in [-0.1, -0.05) is 30.4 Å². The van der Waals surface area contributed by atoms with E-state index >= 15 is 0 Å². The van der Waals surface area contributed by atoms with Crippen LogP contribution < -0.4 is 9.47 Å². The number of fused-ring (bicyclic) bond motifs is 2. The quantitative estimate of drug-likeness (QED) is 0.591. The largest absolute Gasteiger partial charge is 0.493 e. The fourth-order valence-corrected chi connectivity index (χ4v) is 4.77. The maximum Gasteiger partial charge on any atom is 0.256 e. The fourth-order valence-electron chi connectivity index (χ4n) is 4.77. The van der Waals surface area contributed by atoms with Crippen molar-refractivity contribution in [2.75, 3.05) is 27.3 Å². The Labute approximate surface area is 177 Å². The third kappa shape index (κ3) is 4.20. The van der Waals surface area contributed by atoms with Gasteiger partial charge in [-0.05, 0) is 66.8 Å². The molecule has 3 atom stereocenters. The van der Waals surface area contributed by atoms with Gasteiger partial charge in [-0.15, -0.1) is 0 Å². The van der Waals surface area contributed by atoms with Crippen LogP contribution in [0.5, 0.6) is 11.5 Å². The van der Waals surface area contributed by atoms with E-state index in [0.717, 1.165) is 12.0 Å². The molecule has 4 nitrogen and oxygen atoms in total. The minimum atomic E-state index is -0.466. The van der Waals surface area contributed by atoms with Gasteiger partial charge >= 0.3 is 0 Å². The number of rotatable bonds is 8. The van der Waals surface area contributed by atoms with E-state index in [1.54, 1.807) is 32.4 Å². The molecule has 2 aromatic carbocycles. The highest BCUT2D eigenvalue weighted by Crippen LogP contribution is 2.43. The maximum atomic E-state index is 14.3. The third-order valence-corrected chi connectivity index (χ3v) is 6.38. The Morgan fingerprint density at radius 1 is 1.07 bits per heavy atom. The summed E-state index contributed by atoms with van der Waals surface area (Å²) in [6.45, 7) is 1.19. The number of benzene rings is 2. The van der Waals surface area contributed by atoms with E-state index in [4.69, 9.17) is 9.47 Å². The van der Waals surface area contributed by atoms with Crippen LogP contribution in [0.2, 0.25) is 0 Å². The first kappa shape index (κ1) is 20.5. The normalized spacial score (nSPS) is 21.6. The van der Waals surface area contributed by atoms with Crippen molar-refractivity contribution in [2.24, 2.45) is 17.8 Å². The molecule has 0 N–H and O–H groups in total. The van der Waals surface area contributed by atoms with Crippen LogP contribution in [-0.2, 0) is 6.42 Å². The van der Waals surface area contributed by atoms with Crippen molar-refractivity contribution in [3.05, 3.63) is 71.6 Å². The Bertz CT molecular complexity index is 942. The van der Waals surface area contributed by atoms with Crippen molar-refractivity contribution in [1.29, 1.82) is 0 Å². The van der Waals surface area contributed by atoms with E-state index < -0.39 is 5.82 Å². The lowest BCUT2D eigenvalue weighted by Crippen LogP contribution is -2.38. The first-order valence-electron chi connectivity index (χ1n) is 10.5. The lowest BCUT2D eigenvalue weighted by atomic mass is 9.92. The van der Waals surface area contributed by atoms with E-state index in [-0.39, 0.29) is 11.5 Å². The lowest BCUT2D eigenvalue weighted by Gasteiger charge is -2.29. The van der Waals surface area contributed by atoms with Gasteiger partial charge in [0.1, 0.15) is 5.82 Å². The number of amides is 1. The van der Waals surface area contributed by atoms with Crippen molar-refractivity contribution >= 4 is 5.91 Å². The summed E-state index contributed by atoms with van der Waals surface area (Å²) in [6, 6.07) is 12.0. The monoisotopic (exact) mass is 409 g/mol. The van der Waals surface area contributed by atoms with Crippen LogP contribution in [0.1, 0.15) is 28.8 Å². The Morgan fingerprint density at radius 3 is 2.53 bits per heavy atom. The van der Waals surface area contributed by atoms with Gasteiger partial charge in [0.15, 0.2) is 11.5 Å². The van der Waals surface area contributed by atoms with Crippen LogP contribution in [0.15, 0.2) is 54.6 Å². The number of nitrogens with zero attached hydrogens (tertiary/aromatic N) is 1. The van der Waals surface area contributed by atoms with Crippen LogP contribution in [-0.4, -0.2) is 38.1 Å². The second-order valence-corrected chi connectivity index (χ2v) is 8.21. The molecule has 0 saturated heterocycles. The highest BCUT2D eigenvalue weighted by molar-refractivity contribution is 5.94. The number of ether oxygens (including phenoxy) is 2. The van der Waals surface area contributed by atoms with Gasteiger partial charge < -0.3 is 14.4 Å². The van der Waals surface area contributed by atoms with E-state index in [1.165, 1.54) is 12.5 Å². The van der Waals surface area contributed by atoms with Crippen LogP contribution >= 0.6 is 0 Å². The van der Waals surface area contributed by atoms with E-state index in [2.05, 4.69) is 12.2 Å².